The molecular formula is C23H24N2O4S. The van der Waals surface area contributed by atoms with Gasteiger partial charge in [0.15, 0.2) is 0 Å². The summed E-state index contributed by atoms with van der Waals surface area (Å²) < 4.78 is 33.0. The van der Waals surface area contributed by atoms with Gasteiger partial charge in [-0.05, 0) is 44.0 Å². The number of methoxy groups -OCH3 is 1. The standard InChI is InChI=1S/C23H24N2O4S/c1-16-9-11-17(12-10-16)30(27,28)25-15-5-8-21(25)23(26)24-20-13-14-22(29-2)19-7-4-3-6-18(19)20/h3-4,6-7,9-14,21H,5,8,15H2,1-2H3,(H,24,26). The summed E-state index contributed by atoms with van der Waals surface area (Å²) in [7, 11) is -2.14. The number of carbonyl (C=O) groups excluding carboxylic acids is 1. The third-order valence-corrected chi connectivity index (χ3v) is 7.42. The van der Waals surface area contributed by atoms with Crippen LogP contribution in [0.15, 0.2) is 65.6 Å². The van der Waals surface area contributed by atoms with Crippen molar-refractivity contribution in [2.24, 2.45) is 0 Å². The summed E-state index contributed by atoms with van der Waals surface area (Å²) in [5, 5.41) is 4.67. The highest BCUT2D eigenvalue weighted by atomic mass is 32.2. The maximum atomic E-state index is 13.1. The first-order valence-corrected chi connectivity index (χ1v) is 11.3. The predicted molar refractivity (Wildman–Crippen MR) is 117 cm³/mol. The van der Waals surface area contributed by atoms with Crippen molar-refractivity contribution in [2.45, 2.75) is 30.7 Å². The molecule has 0 radical (unpaired) electrons. The number of fused-ring (bicyclic) bond motifs is 1. The van der Waals surface area contributed by atoms with Crippen molar-refractivity contribution in [2.75, 3.05) is 19.0 Å². The Morgan fingerprint density at radius 2 is 1.73 bits per heavy atom. The second-order valence-electron chi connectivity index (χ2n) is 7.44. The van der Waals surface area contributed by atoms with Gasteiger partial charge in [-0.1, -0.05) is 42.0 Å². The number of carbonyl (C=O) groups is 1. The summed E-state index contributed by atoms with van der Waals surface area (Å²) in [6.45, 7) is 2.24. The monoisotopic (exact) mass is 424 g/mol. The molecule has 4 rings (SSSR count). The van der Waals surface area contributed by atoms with Crippen molar-refractivity contribution in [3.63, 3.8) is 0 Å². The van der Waals surface area contributed by atoms with Gasteiger partial charge in [0.25, 0.3) is 0 Å². The first kappa shape index (κ1) is 20.4. The lowest BCUT2D eigenvalue weighted by molar-refractivity contribution is -0.119. The Morgan fingerprint density at radius 3 is 2.43 bits per heavy atom. The molecule has 1 saturated heterocycles. The summed E-state index contributed by atoms with van der Waals surface area (Å²) in [5.74, 6) is 0.395. The molecule has 1 aliphatic rings. The third-order valence-electron chi connectivity index (χ3n) is 5.50. The van der Waals surface area contributed by atoms with E-state index in [4.69, 9.17) is 4.74 Å². The Morgan fingerprint density at radius 1 is 1.03 bits per heavy atom. The van der Waals surface area contributed by atoms with Crippen LogP contribution in [0.2, 0.25) is 0 Å². The van der Waals surface area contributed by atoms with Crippen LogP contribution in [0.4, 0.5) is 5.69 Å². The van der Waals surface area contributed by atoms with E-state index < -0.39 is 16.1 Å². The van der Waals surface area contributed by atoms with E-state index in [2.05, 4.69) is 5.32 Å². The van der Waals surface area contributed by atoms with Crippen molar-refractivity contribution in [3.8, 4) is 5.75 Å². The fourth-order valence-electron chi connectivity index (χ4n) is 3.91. The van der Waals surface area contributed by atoms with Gasteiger partial charge in [-0.25, -0.2) is 8.42 Å². The Hall–Kier alpha value is -2.90. The Labute approximate surface area is 176 Å². The van der Waals surface area contributed by atoms with E-state index in [0.717, 1.165) is 16.3 Å². The number of amides is 1. The van der Waals surface area contributed by atoms with Crippen LogP contribution in [0.25, 0.3) is 10.8 Å². The number of benzene rings is 3. The van der Waals surface area contributed by atoms with Crippen molar-refractivity contribution < 1.29 is 17.9 Å². The number of rotatable bonds is 5. The van der Waals surface area contributed by atoms with Gasteiger partial charge in [0.1, 0.15) is 11.8 Å². The number of nitrogens with one attached hydrogen (secondary N) is 1. The van der Waals surface area contributed by atoms with Crippen molar-refractivity contribution in [3.05, 3.63) is 66.2 Å². The number of hydrogen-bond acceptors (Lipinski definition) is 4. The van der Waals surface area contributed by atoms with Crippen LogP contribution >= 0.6 is 0 Å². The second kappa shape index (κ2) is 8.08. The normalized spacial score (nSPS) is 17.2. The molecule has 0 bridgehead atoms. The molecule has 1 aliphatic heterocycles. The third kappa shape index (κ3) is 3.66. The molecule has 1 fully saturated rings. The second-order valence-corrected chi connectivity index (χ2v) is 9.33. The Balaban J connectivity index is 1.62. The molecule has 1 atom stereocenters. The fraction of sp³-hybridized carbons (Fsp3) is 0.261. The summed E-state index contributed by atoms with van der Waals surface area (Å²) in [6, 6.07) is 17.2. The summed E-state index contributed by atoms with van der Waals surface area (Å²) in [5.41, 5.74) is 1.62. The lowest BCUT2D eigenvalue weighted by atomic mass is 10.1. The minimum Gasteiger partial charge on any atom is -0.496 e. The van der Waals surface area contributed by atoms with Crippen molar-refractivity contribution in [1.29, 1.82) is 0 Å². The van der Waals surface area contributed by atoms with Gasteiger partial charge in [0, 0.05) is 23.0 Å². The Kier molecular flexibility index (Phi) is 5.49. The topological polar surface area (TPSA) is 75.7 Å². The summed E-state index contributed by atoms with van der Waals surface area (Å²) in [4.78, 5) is 13.3. The fourth-order valence-corrected chi connectivity index (χ4v) is 5.57. The number of nitrogens with zero attached hydrogens (tertiary/aromatic N) is 1. The average Bonchev–Trinajstić information content (AvgIpc) is 3.25. The first-order chi connectivity index (χ1) is 14.4. The van der Waals surface area contributed by atoms with Crippen LogP contribution in [0.5, 0.6) is 5.75 Å². The Bertz CT molecular complexity index is 1190. The van der Waals surface area contributed by atoms with Gasteiger partial charge in [-0.3, -0.25) is 4.79 Å². The van der Waals surface area contributed by atoms with E-state index in [1.807, 2.05) is 31.2 Å². The van der Waals surface area contributed by atoms with Crippen LogP contribution in [0, 0.1) is 6.92 Å². The number of aryl methyl sites for hydroxylation is 1. The van der Waals surface area contributed by atoms with E-state index in [1.54, 1.807) is 43.5 Å². The predicted octanol–water partition coefficient (Wildman–Crippen LogP) is 3.95. The van der Waals surface area contributed by atoms with Crippen LogP contribution in [0.1, 0.15) is 18.4 Å². The number of ether oxygens (including phenoxy) is 1. The minimum atomic E-state index is -3.74. The van der Waals surface area contributed by atoms with Gasteiger partial charge in [0.2, 0.25) is 15.9 Å². The van der Waals surface area contributed by atoms with Gasteiger partial charge in [-0.15, -0.1) is 0 Å². The van der Waals surface area contributed by atoms with Gasteiger partial charge in [-0.2, -0.15) is 4.31 Å². The highest BCUT2D eigenvalue weighted by Crippen LogP contribution is 2.33. The molecule has 1 amide bonds. The molecule has 1 unspecified atom stereocenters. The smallest absolute Gasteiger partial charge is 0.243 e. The van der Waals surface area contributed by atoms with Gasteiger partial charge in [0.05, 0.1) is 12.0 Å². The van der Waals surface area contributed by atoms with E-state index in [9.17, 15) is 13.2 Å². The molecule has 0 spiro atoms. The zero-order chi connectivity index (χ0) is 21.3. The number of hydrogen-bond donors (Lipinski definition) is 1. The van der Waals surface area contributed by atoms with E-state index in [1.165, 1.54) is 4.31 Å². The molecule has 30 heavy (non-hydrogen) atoms. The summed E-state index contributed by atoms with van der Waals surface area (Å²) >= 11 is 0. The lowest BCUT2D eigenvalue weighted by Crippen LogP contribution is -2.43. The highest BCUT2D eigenvalue weighted by molar-refractivity contribution is 7.89. The van der Waals surface area contributed by atoms with Gasteiger partial charge < -0.3 is 10.1 Å². The molecule has 1 N–H and O–H groups in total. The van der Waals surface area contributed by atoms with E-state index in [-0.39, 0.29) is 10.8 Å². The zero-order valence-corrected chi connectivity index (χ0v) is 17.8. The minimum absolute atomic E-state index is 0.211. The highest BCUT2D eigenvalue weighted by Gasteiger charge is 2.39. The number of anilines is 1. The molecule has 0 aliphatic carbocycles. The van der Waals surface area contributed by atoms with Gasteiger partial charge >= 0.3 is 0 Å². The van der Waals surface area contributed by atoms with E-state index in [0.29, 0.717) is 30.8 Å². The molecule has 6 nitrogen and oxygen atoms in total. The lowest BCUT2D eigenvalue weighted by Gasteiger charge is -2.24. The van der Waals surface area contributed by atoms with E-state index >= 15 is 0 Å². The van der Waals surface area contributed by atoms with Crippen molar-refractivity contribution in [1.82, 2.24) is 4.31 Å². The first-order valence-electron chi connectivity index (χ1n) is 9.87. The molecule has 0 aromatic heterocycles. The quantitative estimate of drug-likeness (QED) is 0.673. The largest absolute Gasteiger partial charge is 0.496 e. The van der Waals surface area contributed by atoms with Crippen LogP contribution in [0.3, 0.4) is 0 Å². The average molecular weight is 425 g/mol. The van der Waals surface area contributed by atoms with Crippen LogP contribution in [-0.2, 0) is 14.8 Å². The molecule has 1 heterocycles. The van der Waals surface area contributed by atoms with Crippen LogP contribution < -0.4 is 10.1 Å². The molecule has 7 heteroatoms. The molecular weight excluding hydrogens is 400 g/mol. The molecule has 156 valence electrons. The van der Waals surface area contributed by atoms with Crippen LogP contribution in [-0.4, -0.2) is 38.3 Å². The number of sulfonamides is 1. The molecule has 3 aromatic rings. The zero-order valence-electron chi connectivity index (χ0n) is 17.0. The maximum Gasteiger partial charge on any atom is 0.243 e. The summed E-state index contributed by atoms with van der Waals surface area (Å²) in [6.07, 6.45) is 1.14. The maximum absolute atomic E-state index is 13.1. The SMILES string of the molecule is COc1ccc(NC(=O)C2CCCN2S(=O)(=O)c2ccc(C)cc2)c2ccccc12. The molecule has 3 aromatic carbocycles. The van der Waals surface area contributed by atoms with Crippen molar-refractivity contribution >= 4 is 32.4 Å². The molecule has 0 saturated carbocycles.